The second kappa shape index (κ2) is 6.71. The number of aromatic nitrogens is 2. The molecule has 9 nitrogen and oxygen atoms in total. The van der Waals surface area contributed by atoms with Crippen molar-refractivity contribution in [2.75, 3.05) is 5.01 Å². The average molecular weight is 373 g/mol. The summed E-state index contributed by atoms with van der Waals surface area (Å²) in [5.41, 5.74) is 0.399. The Morgan fingerprint density at radius 1 is 1.27 bits per heavy atom. The predicted octanol–water partition coefficient (Wildman–Crippen LogP) is 2.83. The Hall–Kier alpha value is -3.01. The molecule has 0 radical (unpaired) electrons. The number of nitrogens with zero attached hydrogens (tertiary/aromatic N) is 5. The van der Waals surface area contributed by atoms with Crippen LogP contribution in [0, 0.1) is 10.1 Å². The predicted molar refractivity (Wildman–Crippen MR) is 96.6 cm³/mol. The van der Waals surface area contributed by atoms with Crippen molar-refractivity contribution in [1.29, 1.82) is 0 Å². The zero-order valence-electron chi connectivity index (χ0n) is 14.3. The van der Waals surface area contributed by atoms with Crippen molar-refractivity contribution < 1.29 is 14.5 Å². The molecule has 1 aliphatic rings. The van der Waals surface area contributed by atoms with Gasteiger partial charge < -0.3 is 0 Å². The first kappa shape index (κ1) is 17.8. The Bertz CT molecular complexity index is 966. The molecular formula is C16H15N5O4S. The third kappa shape index (κ3) is 2.99. The van der Waals surface area contributed by atoms with Crippen LogP contribution in [0.2, 0.25) is 0 Å². The molecule has 2 aromatic rings. The Morgan fingerprint density at radius 3 is 2.58 bits per heavy atom. The van der Waals surface area contributed by atoms with Gasteiger partial charge in [0.25, 0.3) is 5.69 Å². The van der Waals surface area contributed by atoms with Crippen LogP contribution < -0.4 is 5.01 Å². The minimum atomic E-state index is -0.499. The van der Waals surface area contributed by atoms with Crippen molar-refractivity contribution in [2.24, 2.45) is 5.10 Å². The van der Waals surface area contributed by atoms with E-state index in [1.54, 1.807) is 12.1 Å². The molecule has 0 bridgehead atoms. The molecule has 0 aliphatic carbocycles. The maximum absolute atomic E-state index is 12.1. The summed E-state index contributed by atoms with van der Waals surface area (Å²) in [6.45, 7) is 4.61. The fourth-order valence-corrected chi connectivity index (χ4v) is 3.67. The number of hydrogen-bond acceptors (Lipinski definition) is 7. The van der Waals surface area contributed by atoms with E-state index in [-0.39, 0.29) is 17.5 Å². The van der Waals surface area contributed by atoms with Gasteiger partial charge in [0.1, 0.15) is 15.9 Å². The molecule has 1 aromatic heterocycles. The number of carbonyl (C=O) groups excluding carboxylic acids is 2. The van der Waals surface area contributed by atoms with Crippen LogP contribution in [-0.2, 0) is 11.2 Å². The second-order valence-corrected chi connectivity index (χ2v) is 6.49. The lowest BCUT2D eigenvalue weighted by atomic mass is 10.2. The van der Waals surface area contributed by atoms with Gasteiger partial charge >= 0.3 is 0 Å². The monoisotopic (exact) mass is 373 g/mol. The van der Waals surface area contributed by atoms with Crippen LogP contribution in [0.15, 0.2) is 34.4 Å². The third-order valence-corrected chi connectivity index (χ3v) is 4.77. The molecule has 0 unspecified atom stereocenters. The third-order valence-electron chi connectivity index (χ3n) is 3.71. The van der Waals surface area contributed by atoms with Crippen molar-refractivity contribution >= 4 is 40.1 Å². The number of hydrazone groups is 1. The van der Waals surface area contributed by atoms with Crippen molar-refractivity contribution in [3.8, 4) is 0 Å². The highest BCUT2D eigenvalue weighted by molar-refractivity contribution is 8.14. The van der Waals surface area contributed by atoms with Gasteiger partial charge in [0.15, 0.2) is 5.82 Å². The number of benzene rings is 1. The van der Waals surface area contributed by atoms with Gasteiger partial charge in [0.05, 0.1) is 4.92 Å². The summed E-state index contributed by atoms with van der Waals surface area (Å²) in [6.07, 6.45) is 0.505. The van der Waals surface area contributed by atoms with Gasteiger partial charge in [-0.05, 0) is 11.8 Å². The highest BCUT2D eigenvalue weighted by Gasteiger charge is 2.32. The van der Waals surface area contributed by atoms with E-state index in [9.17, 15) is 19.7 Å². The van der Waals surface area contributed by atoms with Crippen LogP contribution in [0.5, 0.6) is 0 Å². The topological polar surface area (TPSA) is 111 Å². The van der Waals surface area contributed by atoms with Gasteiger partial charge in [-0.25, -0.2) is 4.98 Å². The minimum Gasteiger partial charge on any atom is -0.274 e. The van der Waals surface area contributed by atoms with E-state index in [2.05, 4.69) is 10.1 Å². The van der Waals surface area contributed by atoms with Gasteiger partial charge in [-0.2, -0.15) is 10.1 Å². The summed E-state index contributed by atoms with van der Waals surface area (Å²) in [7, 11) is 0. The lowest BCUT2D eigenvalue weighted by Gasteiger charge is -2.21. The molecule has 134 valence electrons. The normalized spacial score (nSPS) is 13.2. The minimum absolute atomic E-state index is 0.0831. The zero-order chi connectivity index (χ0) is 19.0. The Balaban J connectivity index is 2.16. The standard InChI is InChI=1S/C16H15N5O4S/c1-4-13-17-14-16(19(13)9(2)22)26-15(18-20(14)10(3)23)11-6-5-7-12(8-11)21(24)25/h5-8H,4H2,1-3H3. The summed E-state index contributed by atoms with van der Waals surface area (Å²) in [4.78, 5) is 39.1. The van der Waals surface area contributed by atoms with Crippen LogP contribution in [0.1, 0.15) is 37.0 Å². The van der Waals surface area contributed by atoms with E-state index in [1.165, 1.54) is 30.5 Å². The maximum atomic E-state index is 12.1. The van der Waals surface area contributed by atoms with E-state index in [1.807, 2.05) is 6.92 Å². The molecule has 0 atom stereocenters. The number of carbonyl (C=O) groups is 2. The van der Waals surface area contributed by atoms with Crippen LogP contribution in [-0.4, -0.2) is 31.3 Å². The number of anilines is 1. The van der Waals surface area contributed by atoms with Crippen molar-refractivity contribution in [2.45, 2.75) is 32.2 Å². The van der Waals surface area contributed by atoms with Crippen LogP contribution in [0.25, 0.3) is 0 Å². The largest absolute Gasteiger partial charge is 0.274 e. The molecule has 1 amide bonds. The summed E-state index contributed by atoms with van der Waals surface area (Å²) in [5.74, 6) is 0.220. The molecule has 0 saturated carbocycles. The average Bonchev–Trinajstić information content (AvgIpc) is 2.99. The van der Waals surface area contributed by atoms with Gasteiger partial charge in [-0.1, -0.05) is 19.1 Å². The van der Waals surface area contributed by atoms with Gasteiger partial charge in [-0.3, -0.25) is 24.3 Å². The first-order valence-corrected chi connectivity index (χ1v) is 8.59. The number of hydrogen-bond donors (Lipinski definition) is 0. The van der Waals surface area contributed by atoms with Gasteiger partial charge in [0, 0.05) is 38.0 Å². The molecule has 1 aliphatic heterocycles. The first-order valence-electron chi connectivity index (χ1n) is 7.78. The molecule has 0 saturated heterocycles. The number of nitro groups is 1. The number of aryl methyl sites for hydroxylation is 1. The van der Waals surface area contributed by atoms with Crippen LogP contribution in [0.4, 0.5) is 11.5 Å². The lowest BCUT2D eigenvalue weighted by molar-refractivity contribution is -0.384. The Morgan fingerprint density at radius 2 is 2.00 bits per heavy atom. The SMILES string of the molecule is CCc1nc2c(n1C(C)=O)SC(c1cccc([N+](=O)[O-])c1)=NN2C(C)=O. The highest BCUT2D eigenvalue weighted by atomic mass is 32.2. The summed E-state index contributed by atoms with van der Waals surface area (Å²) >= 11 is 1.16. The molecule has 0 spiro atoms. The smallest absolute Gasteiger partial charge is 0.270 e. The maximum Gasteiger partial charge on any atom is 0.270 e. The Kier molecular flexibility index (Phi) is 4.60. The molecule has 2 heterocycles. The first-order chi connectivity index (χ1) is 12.3. The molecule has 1 aromatic carbocycles. The zero-order valence-corrected chi connectivity index (χ0v) is 15.1. The quantitative estimate of drug-likeness (QED) is 0.604. The number of fused-ring (bicyclic) bond motifs is 1. The second-order valence-electron chi connectivity index (χ2n) is 5.51. The molecule has 10 heteroatoms. The van der Waals surface area contributed by atoms with Crippen molar-refractivity contribution in [3.05, 3.63) is 45.8 Å². The number of imidazole rings is 1. The fraction of sp³-hybridized carbons (Fsp3) is 0.250. The van der Waals surface area contributed by atoms with Gasteiger partial charge in [-0.15, -0.1) is 0 Å². The lowest BCUT2D eigenvalue weighted by Crippen LogP contribution is -2.28. The van der Waals surface area contributed by atoms with Crippen LogP contribution >= 0.6 is 11.8 Å². The number of thioether (sulfide) groups is 1. The summed E-state index contributed by atoms with van der Waals surface area (Å²) < 4.78 is 1.45. The van der Waals surface area contributed by atoms with E-state index >= 15 is 0 Å². The van der Waals surface area contributed by atoms with Gasteiger partial charge in [0.2, 0.25) is 11.8 Å². The fourth-order valence-electron chi connectivity index (χ4n) is 2.57. The highest BCUT2D eigenvalue weighted by Crippen LogP contribution is 2.38. The van der Waals surface area contributed by atoms with E-state index in [4.69, 9.17) is 0 Å². The van der Waals surface area contributed by atoms with Crippen molar-refractivity contribution in [1.82, 2.24) is 9.55 Å². The van der Waals surface area contributed by atoms with Crippen molar-refractivity contribution in [3.63, 3.8) is 0 Å². The number of rotatable bonds is 3. The Labute approximate surface area is 152 Å². The van der Waals surface area contributed by atoms with E-state index in [0.717, 1.165) is 16.8 Å². The summed E-state index contributed by atoms with van der Waals surface area (Å²) in [5, 5.41) is 17.3. The van der Waals surface area contributed by atoms with Crippen LogP contribution in [0.3, 0.4) is 0 Å². The molecular weight excluding hydrogens is 358 g/mol. The number of amides is 1. The molecule has 0 N–H and O–H groups in total. The molecule has 3 rings (SSSR count). The summed E-state index contributed by atoms with van der Waals surface area (Å²) in [6, 6.07) is 5.96. The molecule has 0 fully saturated rings. The van der Waals surface area contributed by atoms with E-state index < -0.39 is 4.92 Å². The number of nitro benzene ring substituents is 1. The van der Waals surface area contributed by atoms with E-state index in [0.29, 0.717) is 33.7 Å². The number of non-ortho nitro benzene ring substituents is 1. The molecule has 26 heavy (non-hydrogen) atoms.